The number of hydrogen-bond acceptors (Lipinski definition) is 5. The Hall–Kier alpha value is -2.72. The zero-order chi connectivity index (χ0) is 23.6. The van der Waals surface area contributed by atoms with Crippen LogP contribution in [-0.4, -0.2) is 41.2 Å². The van der Waals surface area contributed by atoms with Crippen molar-refractivity contribution >= 4 is 17.7 Å². The normalized spacial score (nSPS) is 25.5. The molecule has 2 N–H and O–H groups in total. The van der Waals surface area contributed by atoms with Gasteiger partial charge in [-0.25, -0.2) is 0 Å². The largest absolute Gasteiger partial charge is 0.322 e. The number of nitrogens with zero attached hydrogens (tertiary/aromatic N) is 2. The molecular weight excluding hydrogens is 416 g/mol. The van der Waals surface area contributed by atoms with E-state index in [1.165, 1.54) is 24.8 Å². The lowest BCUT2D eigenvalue weighted by Crippen LogP contribution is -2.52. The second-order valence-electron chi connectivity index (χ2n) is 10.4. The van der Waals surface area contributed by atoms with Gasteiger partial charge in [0.05, 0.1) is 11.5 Å². The van der Waals surface area contributed by atoms with Gasteiger partial charge in [0.2, 0.25) is 11.8 Å². The molecule has 2 aliphatic heterocycles. The molecule has 0 radical (unpaired) electrons. The minimum Gasteiger partial charge on any atom is -0.322 e. The van der Waals surface area contributed by atoms with Crippen molar-refractivity contribution in [1.82, 2.24) is 15.5 Å². The monoisotopic (exact) mass is 450 g/mol. The fraction of sp³-hybridized carbons (Fsp3) is 0.615. The average Bonchev–Trinajstić information content (AvgIpc) is 3.10. The first-order valence-electron chi connectivity index (χ1n) is 12.2. The summed E-state index contributed by atoms with van der Waals surface area (Å²) in [5.74, 6) is -0.230. The molecule has 7 heteroatoms. The molecule has 3 amide bonds. The lowest BCUT2D eigenvalue weighted by atomic mass is 9.80. The smallest absolute Gasteiger partial charge is 0.255 e. The summed E-state index contributed by atoms with van der Waals surface area (Å²) in [4.78, 5) is 38.3. The average molecular weight is 451 g/mol. The Balaban J connectivity index is 1.40. The van der Waals surface area contributed by atoms with Crippen molar-refractivity contribution in [1.29, 1.82) is 5.26 Å². The van der Waals surface area contributed by atoms with Crippen molar-refractivity contribution in [3.63, 3.8) is 0 Å². The van der Waals surface area contributed by atoms with Gasteiger partial charge < -0.3 is 10.2 Å². The zero-order valence-corrected chi connectivity index (χ0v) is 19.7. The van der Waals surface area contributed by atoms with Crippen LogP contribution in [0.15, 0.2) is 18.2 Å². The predicted molar refractivity (Wildman–Crippen MR) is 124 cm³/mol. The van der Waals surface area contributed by atoms with E-state index < -0.39 is 6.04 Å². The Morgan fingerprint density at radius 3 is 2.73 bits per heavy atom. The number of fused-ring (bicyclic) bond motifs is 1. The summed E-state index contributed by atoms with van der Waals surface area (Å²) in [7, 11) is 0. The van der Waals surface area contributed by atoms with Gasteiger partial charge in [0.1, 0.15) is 6.04 Å². The van der Waals surface area contributed by atoms with Crippen LogP contribution in [0.5, 0.6) is 0 Å². The molecule has 3 atom stereocenters. The van der Waals surface area contributed by atoms with E-state index in [-0.39, 0.29) is 29.6 Å². The molecule has 0 spiro atoms. The first-order chi connectivity index (χ1) is 15.8. The third kappa shape index (κ3) is 5.27. The van der Waals surface area contributed by atoms with Gasteiger partial charge in [0.25, 0.3) is 5.91 Å². The molecule has 2 fully saturated rings. The Morgan fingerprint density at radius 2 is 1.97 bits per heavy atom. The van der Waals surface area contributed by atoms with E-state index in [0.717, 1.165) is 31.4 Å². The SMILES string of the molecule is CC(C)(C#N)CCN[C@H]1CCCC[C@@H]1Cc1ccc2c(c1)CN(C1CCC(=O)NC1=O)C2=O. The lowest BCUT2D eigenvalue weighted by Gasteiger charge is -2.33. The number of amides is 3. The second kappa shape index (κ2) is 9.64. The molecule has 1 aromatic carbocycles. The number of carbonyl (C=O) groups excluding carboxylic acids is 3. The fourth-order valence-electron chi connectivity index (χ4n) is 5.40. The minimum atomic E-state index is -0.573. The number of benzene rings is 1. The molecule has 176 valence electrons. The third-order valence-corrected chi connectivity index (χ3v) is 7.45. The Kier molecular flexibility index (Phi) is 6.85. The van der Waals surface area contributed by atoms with Gasteiger partial charge in [-0.05, 0) is 75.6 Å². The van der Waals surface area contributed by atoms with Crippen molar-refractivity contribution in [2.75, 3.05) is 6.54 Å². The van der Waals surface area contributed by atoms with Crippen LogP contribution in [0, 0.1) is 22.7 Å². The first-order valence-corrected chi connectivity index (χ1v) is 12.2. The molecule has 1 aromatic rings. The molecule has 1 saturated heterocycles. The number of hydrogen-bond donors (Lipinski definition) is 2. The summed E-state index contributed by atoms with van der Waals surface area (Å²) in [6, 6.07) is 8.33. The van der Waals surface area contributed by atoms with Gasteiger partial charge >= 0.3 is 0 Å². The van der Waals surface area contributed by atoms with Gasteiger partial charge in [-0.3, -0.25) is 19.7 Å². The second-order valence-corrected chi connectivity index (χ2v) is 10.4. The van der Waals surface area contributed by atoms with Gasteiger partial charge in [-0.15, -0.1) is 0 Å². The zero-order valence-electron chi connectivity index (χ0n) is 19.7. The maximum Gasteiger partial charge on any atom is 0.255 e. The van der Waals surface area contributed by atoms with E-state index in [0.29, 0.717) is 30.5 Å². The van der Waals surface area contributed by atoms with E-state index in [9.17, 15) is 19.6 Å². The lowest BCUT2D eigenvalue weighted by molar-refractivity contribution is -0.136. The number of carbonyl (C=O) groups is 3. The van der Waals surface area contributed by atoms with Crippen LogP contribution in [0.1, 0.15) is 80.3 Å². The third-order valence-electron chi connectivity index (χ3n) is 7.45. The van der Waals surface area contributed by atoms with Crippen molar-refractivity contribution in [2.24, 2.45) is 11.3 Å². The van der Waals surface area contributed by atoms with Crippen LogP contribution in [-0.2, 0) is 22.6 Å². The van der Waals surface area contributed by atoms with Crippen LogP contribution in [0.25, 0.3) is 0 Å². The van der Waals surface area contributed by atoms with Crippen LogP contribution in [0.4, 0.5) is 0 Å². The van der Waals surface area contributed by atoms with Crippen molar-refractivity contribution < 1.29 is 14.4 Å². The summed E-state index contributed by atoms with van der Waals surface area (Å²) in [5.41, 5.74) is 2.56. The Bertz CT molecular complexity index is 980. The molecule has 0 aromatic heterocycles. The molecule has 3 aliphatic rings. The molecule has 1 saturated carbocycles. The molecule has 1 unspecified atom stereocenters. The standard InChI is InChI=1S/C26H34N4O3/c1-26(2,16-27)11-12-28-21-6-4-3-5-18(21)13-17-7-8-20-19(14-17)15-30(25(20)33)22-9-10-23(31)29-24(22)32/h7-8,14,18,21-22,28H,3-6,9-13,15H2,1-2H3,(H,29,31,32)/t18-,21+,22?/m1/s1. The van der Waals surface area contributed by atoms with E-state index in [2.05, 4.69) is 28.8 Å². The Morgan fingerprint density at radius 1 is 1.18 bits per heavy atom. The first kappa shape index (κ1) is 23.4. The fourth-order valence-corrected chi connectivity index (χ4v) is 5.40. The van der Waals surface area contributed by atoms with Gasteiger partial charge in [0, 0.05) is 24.6 Å². The van der Waals surface area contributed by atoms with Crippen molar-refractivity contribution in [3.8, 4) is 6.07 Å². The van der Waals surface area contributed by atoms with E-state index in [1.807, 2.05) is 19.9 Å². The van der Waals surface area contributed by atoms with Crippen molar-refractivity contribution in [3.05, 3.63) is 34.9 Å². The highest BCUT2D eigenvalue weighted by atomic mass is 16.2. The van der Waals surface area contributed by atoms with Crippen LogP contribution >= 0.6 is 0 Å². The van der Waals surface area contributed by atoms with E-state index >= 15 is 0 Å². The van der Waals surface area contributed by atoms with Crippen LogP contribution < -0.4 is 10.6 Å². The molecule has 1 aliphatic carbocycles. The number of imide groups is 1. The van der Waals surface area contributed by atoms with Gasteiger partial charge in [0.15, 0.2) is 0 Å². The molecular formula is C26H34N4O3. The maximum atomic E-state index is 12.9. The van der Waals surface area contributed by atoms with Crippen LogP contribution in [0.3, 0.4) is 0 Å². The summed E-state index contributed by atoms with van der Waals surface area (Å²) < 4.78 is 0. The summed E-state index contributed by atoms with van der Waals surface area (Å²) in [6.45, 7) is 5.24. The molecule has 4 rings (SSSR count). The topological polar surface area (TPSA) is 102 Å². The maximum absolute atomic E-state index is 12.9. The minimum absolute atomic E-state index is 0.122. The van der Waals surface area contributed by atoms with Crippen molar-refractivity contribution in [2.45, 2.75) is 83.8 Å². The van der Waals surface area contributed by atoms with Gasteiger partial charge in [-0.1, -0.05) is 25.0 Å². The number of rotatable bonds is 7. The number of piperidine rings is 1. The molecule has 7 nitrogen and oxygen atoms in total. The van der Waals surface area contributed by atoms with E-state index in [1.54, 1.807) is 4.90 Å². The highest BCUT2D eigenvalue weighted by Gasteiger charge is 2.39. The summed E-state index contributed by atoms with van der Waals surface area (Å²) >= 11 is 0. The predicted octanol–water partition coefficient (Wildman–Crippen LogP) is 3.08. The highest BCUT2D eigenvalue weighted by molar-refractivity contribution is 6.05. The Labute approximate surface area is 195 Å². The van der Waals surface area contributed by atoms with Crippen LogP contribution in [0.2, 0.25) is 0 Å². The summed E-state index contributed by atoms with van der Waals surface area (Å²) in [6.07, 6.45) is 7.25. The van der Waals surface area contributed by atoms with Gasteiger partial charge in [-0.2, -0.15) is 5.26 Å². The molecule has 2 heterocycles. The van der Waals surface area contributed by atoms with E-state index in [4.69, 9.17) is 0 Å². The number of nitriles is 1. The summed E-state index contributed by atoms with van der Waals surface area (Å²) in [5, 5.41) is 15.3. The highest BCUT2D eigenvalue weighted by Crippen LogP contribution is 2.32. The quantitative estimate of drug-likeness (QED) is 0.622. The molecule has 33 heavy (non-hydrogen) atoms. The molecule has 0 bridgehead atoms. The number of nitrogens with one attached hydrogen (secondary N) is 2.